The first-order valence-corrected chi connectivity index (χ1v) is 9.24. The Kier molecular flexibility index (Phi) is 4.53. The molecule has 1 aromatic carbocycles. The van der Waals surface area contributed by atoms with Crippen LogP contribution in [0.25, 0.3) is 11.1 Å². The number of fused-ring (bicyclic) bond motifs is 1. The van der Waals surface area contributed by atoms with Crippen LogP contribution in [0.4, 0.5) is 6.01 Å². The summed E-state index contributed by atoms with van der Waals surface area (Å²) in [5.41, 5.74) is 1.62. The number of piperidine rings is 1. The number of hydrogen-bond donors (Lipinski definition) is 2. The Hall–Kier alpha value is -2.57. The van der Waals surface area contributed by atoms with Gasteiger partial charge in [0.1, 0.15) is 5.52 Å². The summed E-state index contributed by atoms with van der Waals surface area (Å²) in [5, 5.41) is 12.1. The SMILES string of the molecule is O=C(N[C@H]1CC[C@@H](C(=O)O)C1)C1CCN(c2nc3ccccc3o2)CC1. The fraction of sp³-hybridized carbons (Fsp3) is 0.526. The second kappa shape index (κ2) is 6.97. The highest BCUT2D eigenvalue weighted by Crippen LogP contribution is 2.28. The lowest BCUT2D eigenvalue weighted by Gasteiger charge is -2.30. The van der Waals surface area contributed by atoms with E-state index in [9.17, 15) is 9.59 Å². The number of amides is 1. The van der Waals surface area contributed by atoms with Gasteiger partial charge in [-0.1, -0.05) is 12.1 Å². The molecule has 0 radical (unpaired) electrons. The van der Waals surface area contributed by atoms with Crippen molar-refractivity contribution in [2.75, 3.05) is 18.0 Å². The van der Waals surface area contributed by atoms with Gasteiger partial charge in [-0.25, -0.2) is 0 Å². The molecule has 2 N–H and O–H groups in total. The van der Waals surface area contributed by atoms with Crippen LogP contribution in [-0.2, 0) is 9.59 Å². The highest BCUT2D eigenvalue weighted by molar-refractivity contribution is 5.80. The monoisotopic (exact) mass is 357 g/mol. The molecule has 1 saturated heterocycles. The normalized spacial score (nSPS) is 24.1. The van der Waals surface area contributed by atoms with Crippen molar-refractivity contribution in [2.24, 2.45) is 11.8 Å². The van der Waals surface area contributed by atoms with Crippen LogP contribution in [0.5, 0.6) is 0 Å². The van der Waals surface area contributed by atoms with Crippen LogP contribution in [0.15, 0.2) is 28.7 Å². The number of rotatable bonds is 4. The number of aliphatic carboxylic acids is 1. The third kappa shape index (κ3) is 3.38. The van der Waals surface area contributed by atoms with Crippen LogP contribution < -0.4 is 10.2 Å². The van der Waals surface area contributed by atoms with Gasteiger partial charge in [-0.15, -0.1) is 0 Å². The largest absolute Gasteiger partial charge is 0.481 e. The van der Waals surface area contributed by atoms with Crippen molar-refractivity contribution in [1.29, 1.82) is 0 Å². The van der Waals surface area contributed by atoms with Gasteiger partial charge < -0.3 is 19.7 Å². The lowest BCUT2D eigenvalue weighted by Crippen LogP contribution is -2.43. The standard InChI is InChI=1S/C19H23N3O4/c23-17(20-14-6-5-13(11-14)18(24)25)12-7-9-22(10-8-12)19-21-15-3-1-2-4-16(15)26-19/h1-4,12-14H,5-11H2,(H,20,23)(H,24,25)/t13-,14+/m1/s1. The van der Waals surface area contributed by atoms with E-state index in [2.05, 4.69) is 15.2 Å². The van der Waals surface area contributed by atoms with Crippen molar-refractivity contribution >= 4 is 29.0 Å². The molecule has 1 amide bonds. The molecule has 138 valence electrons. The summed E-state index contributed by atoms with van der Waals surface area (Å²) in [6.07, 6.45) is 3.45. The Morgan fingerprint density at radius 1 is 1.12 bits per heavy atom. The van der Waals surface area contributed by atoms with Gasteiger partial charge in [0.25, 0.3) is 6.01 Å². The topological polar surface area (TPSA) is 95.7 Å². The summed E-state index contributed by atoms with van der Waals surface area (Å²) in [5.74, 6) is -1.05. The molecular formula is C19H23N3O4. The van der Waals surface area contributed by atoms with E-state index >= 15 is 0 Å². The minimum Gasteiger partial charge on any atom is -0.481 e. The smallest absolute Gasteiger partial charge is 0.306 e. The Morgan fingerprint density at radius 2 is 1.88 bits per heavy atom. The third-order valence-electron chi connectivity index (χ3n) is 5.55. The quantitative estimate of drug-likeness (QED) is 0.872. The first-order chi connectivity index (χ1) is 12.6. The predicted molar refractivity (Wildman–Crippen MR) is 95.9 cm³/mol. The molecule has 0 bridgehead atoms. The first kappa shape index (κ1) is 16.9. The molecule has 4 rings (SSSR count). The number of carbonyl (C=O) groups excluding carboxylic acids is 1. The molecule has 0 unspecified atom stereocenters. The van der Waals surface area contributed by atoms with E-state index in [1.54, 1.807) is 0 Å². The average molecular weight is 357 g/mol. The van der Waals surface area contributed by atoms with Crippen molar-refractivity contribution in [3.8, 4) is 0 Å². The third-order valence-corrected chi connectivity index (χ3v) is 5.55. The number of carboxylic acid groups (broad SMARTS) is 1. The van der Waals surface area contributed by atoms with Crippen LogP contribution in [0.1, 0.15) is 32.1 Å². The number of oxazole rings is 1. The summed E-state index contributed by atoms with van der Waals surface area (Å²) in [6, 6.07) is 8.30. The van der Waals surface area contributed by atoms with Gasteiger partial charge in [0.05, 0.1) is 5.92 Å². The number of carboxylic acids is 1. The van der Waals surface area contributed by atoms with Crippen LogP contribution in [0, 0.1) is 11.8 Å². The summed E-state index contributed by atoms with van der Waals surface area (Å²) in [4.78, 5) is 30.1. The van der Waals surface area contributed by atoms with Gasteiger partial charge in [-0.3, -0.25) is 9.59 Å². The highest BCUT2D eigenvalue weighted by atomic mass is 16.4. The Morgan fingerprint density at radius 3 is 2.58 bits per heavy atom. The molecular weight excluding hydrogens is 334 g/mol. The molecule has 0 spiro atoms. The number of aromatic nitrogens is 1. The van der Waals surface area contributed by atoms with E-state index in [1.165, 1.54) is 0 Å². The van der Waals surface area contributed by atoms with Crippen molar-refractivity contribution in [2.45, 2.75) is 38.1 Å². The van der Waals surface area contributed by atoms with Gasteiger partial charge in [0.2, 0.25) is 5.91 Å². The zero-order chi connectivity index (χ0) is 18.1. The molecule has 1 aromatic heterocycles. The van der Waals surface area contributed by atoms with E-state index < -0.39 is 5.97 Å². The maximum atomic E-state index is 12.5. The number of carbonyl (C=O) groups is 2. The van der Waals surface area contributed by atoms with E-state index in [0.717, 1.165) is 43.5 Å². The van der Waals surface area contributed by atoms with Gasteiger partial charge in [0, 0.05) is 25.0 Å². The molecule has 1 saturated carbocycles. The molecule has 7 nitrogen and oxygen atoms in total. The van der Waals surface area contributed by atoms with Gasteiger partial charge in [-0.05, 0) is 44.2 Å². The van der Waals surface area contributed by atoms with Gasteiger partial charge in [-0.2, -0.15) is 4.98 Å². The second-order valence-corrected chi connectivity index (χ2v) is 7.28. The van der Waals surface area contributed by atoms with Crippen LogP contribution in [0.3, 0.4) is 0 Å². The Bertz CT molecular complexity index is 777. The average Bonchev–Trinajstić information content (AvgIpc) is 3.28. The second-order valence-electron chi connectivity index (χ2n) is 7.28. The molecule has 2 aliphatic rings. The fourth-order valence-corrected chi connectivity index (χ4v) is 3.98. The zero-order valence-electron chi connectivity index (χ0n) is 14.6. The summed E-state index contributed by atoms with van der Waals surface area (Å²) < 4.78 is 5.80. The Balaban J connectivity index is 1.30. The van der Waals surface area contributed by atoms with Gasteiger partial charge in [0.15, 0.2) is 5.58 Å². The van der Waals surface area contributed by atoms with Crippen molar-refractivity contribution < 1.29 is 19.1 Å². The van der Waals surface area contributed by atoms with Crippen LogP contribution in [0.2, 0.25) is 0 Å². The molecule has 7 heteroatoms. The lowest BCUT2D eigenvalue weighted by molar-refractivity contribution is -0.141. The minimum atomic E-state index is -0.756. The fourth-order valence-electron chi connectivity index (χ4n) is 3.98. The van der Waals surface area contributed by atoms with E-state index in [0.29, 0.717) is 18.9 Å². The van der Waals surface area contributed by atoms with Crippen molar-refractivity contribution in [3.05, 3.63) is 24.3 Å². The number of nitrogens with one attached hydrogen (secondary N) is 1. The van der Waals surface area contributed by atoms with Crippen LogP contribution >= 0.6 is 0 Å². The highest BCUT2D eigenvalue weighted by Gasteiger charge is 2.33. The van der Waals surface area contributed by atoms with E-state index in [-0.39, 0.29) is 23.8 Å². The van der Waals surface area contributed by atoms with Crippen LogP contribution in [-0.4, -0.2) is 41.1 Å². The predicted octanol–water partition coefficient (Wildman–Crippen LogP) is 2.41. The maximum Gasteiger partial charge on any atom is 0.306 e. The van der Waals surface area contributed by atoms with Crippen molar-refractivity contribution in [1.82, 2.24) is 10.3 Å². The summed E-state index contributed by atoms with van der Waals surface area (Å²) >= 11 is 0. The number of nitrogens with zero attached hydrogens (tertiary/aromatic N) is 2. The summed E-state index contributed by atoms with van der Waals surface area (Å²) in [7, 11) is 0. The maximum absolute atomic E-state index is 12.5. The van der Waals surface area contributed by atoms with E-state index in [1.807, 2.05) is 24.3 Å². The molecule has 2 atom stereocenters. The molecule has 1 aliphatic carbocycles. The molecule has 1 aliphatic heterocycles. The molecule has 2 fully saturated rings. The van der Waals surface area contributed by atoms with Crippen molar-refractivity contribution in [3.63, 3.8) is 0 Å². The number of anilines is 1. The minimum absolute atomic E-state index is 0.00123. The molecule has 26 heavy (non-hydrogen) atoms. The first-order valence-electron chi connectivity index (χ1n) is 9.24. The van der Waals surface area contributed by atoms with E-state index in [4.69, 9.17) is 9.52 Å². The summed E-state index contributed by atoms with van der Waals surface area (Å²) in [6.45, 7) is 1.46. The zero-order valence-corrected chi connectivity index (χ0v) is 14.6. The molecule has 2 aromatic rings. The number of para-hydroxylation sites is 2. The molecule has 2 heterocycles. The van der Waals surface area contributed by atoms with Gasteiger partial charge >= 0.3 is 5.97 Å². The number of benzene rings is 1. The lowest BCUT2D eigenvalue weighted by atomic mass is 9.95. The Labute approximate surface area is 151 Å². The number of hydrogen-bond acceptors (Lipinski definition) is 5.